The molecule has 1 unspecified atom stereocenters. The molecule has 1 heterocycles. The summed E-state index contributed by atoms with van der Waals surface area (Å²) < 4.78 is 41.9. The Balaban J connectivity index is 2.44. The average Bonchev–Trinajstić information content (AvgIpc) is 2.67. The number of carbonyl (C=O) groups is 1. The van der Waals surface area contributed by atoms with Gasteiger partial charge < -0.3 is 9.64 Å². The van der Waals surface area contributed by atoms with E-state index >= 15 is 0 Å². The molecule has 1 saturated heterocycles. The third kappa shape index (κ3) is 3.98. The number of alkyl halides is 3. The highest BCUT2D eigenvalue weighted by atomic mass is 79.9. The molecule has 1 fully saturated rings. The molecular weight excluding hydrogens is 395 g/mol. The van der Waals surface area contributed by atoms with E-state index in [1.54, 1.807) is 0 Å². The average molecular weight is 405 g/mol. The molecule has 1 amide bonds. The molecule has 0 radical (unpaired) electrons. The largest absolute Gasteiger partial charge is 0.573 e. The fourth-order valence-corrected chi connectivity index (χ4v) is 3.25. The van der Waals surface area contributed by atoms with Crippen LogP contribution < -0.4 is 9.64 Å². The molecule has 1 aliphatic heterocycles. The molecule has 0 aliphatic carbocycles. The van der Waals surface area contributed by atoms with Crippen LogP contribution >= 0.6 is 40.2 Å². The van der Waals surface area contributed by atoms with Crippen LogP contribution in [-0.2, 0) is 4.79 Å². The summed E-state index contributed by atoms with van der Waals surface area (Å²) in [6.45, 7) is 0.262. The lowest BCUT2D eigenvalue weighted by molar-refractivity contribution is -0.274. The van der Waals surface area contributed by atoms with Gasteiger partial charge in [-0.15, -0.1) is 13.2 Å². The van der Waals surface area contributed by atoms with Crippen LogP contribution in [0.1, 0.15) is 6.42 Å². The van der Waals surface area contributed by atoms with E-state index in [-0.39, 0.29) is 35.5 Å². The van der Waals surface area contributed by atoms with Gasteiger partial charge in [-0.2, -0.15) is 12.6 Å². The van der Waals surface area contributed by atoms with Crippen molar-refractivity contribution in [1.82, 2.24) is 0 Å². The third-order valence-corrected chi connectivity index (χ3v) is 4.21. The first-order valence-electron chi connectivity index (χ1n) is 5.87. The van der Waals surface area contributed by atoms with Crippen molar-refractivity contribution in [2.45, 2.75) is 12.8 Å². The zero-order valence-corrected chi connectivity index (χ0v) is 13.7. The number of amides is 1. The van der Waals surface area contributed by atoms with Gasteiger partial charge in [-0.25, -0.2) is 0 Å². The van der Waals surface area contributed by atoms with E-state index in [4.69, 9.17) is 11.6 Å². The molecule has 0 N–H and O–H groups in total. The van der Waals surface area contributed by atoms with Crippen molar-refractivity contribution in [3.05, 3.63) is 21.6 Å². The summed E-state index contributed by atoms with van der Waals surface area (Å²) in [5, 5.41) is 0.0109. The summed E-state index contributed by atoms with van der Waals surface area (Å²) in [5.74, 6) is -0.370. The van der Waals surface area contributed by atoms with Crippen molar-refractivity contribution in [2.75, 3.05) is 17.2 Å². The van der Waals surface area contributed by atoms with E-state index in [0.29, 0.717) is 10.2 Å². The molecule has 1 aromatic carbocycles. The van der Waals surface area contributed by atoms with Gasteiger partial charge in [0.1, 0.15) is 5.69 Å². The van der Waals surface area contributed by atoms with Crippen LogP contribution in [0.4, 0.5) is 18.9 Å². The molecule has 1 aliphatic rings. The number of rotatable bonds is 3. The smallest absolute Gasteiger partial charge is 0.403 e. The molecule has 116 valence electrons. The maximum atomic E-state index is 12.5. The Labute approximate surface area is 137 Å². The van der Waals surface area contributed by atoms with Gasteiger partial charge in [0.05, 0.1) is 5.02 Å². The molecule has 3 nitrogen and oxygen atoms in total. The molecule has 0 saturated carbocycles. The molecule has 21 heavy (non-hydrogen) atoms. The van der Waals surface area contributed by atoms with Crippen molar-refractivity contribution < 1.29 is 22.7 Å². The summed E-state index contributed by atoms with van der Waals surface area (Å²) >= 11 is 13.2. The maximum Gasteiger partial charge on any atom is 0.573 e. The highest BCUT2D eigenvalue weighted by Crippen LogP contribution is 2.43. The number of carbonyl (C=O) groups excluding carboxylic acids is 1. The monoisotopic (exact) mass is 403 g/mol. The standard InChI is InChI=1S/C12H10BrClF3NO2S/c13-7-2-8(14)11(9(3-7)20-12(15,16)17)18-4-6(5-21)1-10(18)19/h2-3,6,21H,1,4-5H2. The SMILES string of the molecule is O=C1CC(CS)CN1c1c(Cl)cc(Br)cc1OC(F)(F)F. The van der Waals surface area contributed by atoms with Crippen LogP contribution in [-0.4, -0.2) is 24.6 Å². The first-order valence-corrected chi connectivity index (χ1v) is 7.67. The number of anilines is 1. The van der Waals surface area contributed by atoms with Crippen LogP contribution in [0.2, 0.25) is 5.02 Å². The lowest BCUT2D eigenvalue weighted by Gasteiger charge is -2.22. The normalized spacial score (nSPS) is 19.2. The van der Waals surface area contributed by atoms with Crippen LogP contribution in [0.15, 0.2) is 16.6 Å². The number of nitrogens with zero attached hydrogens (tertiary/aromatic N) is 1. The quantitative estimate of drug-likeness (QED) is 0.762. The van der Waals surface area contributed by atoms with E-state index in [2.05, 4.69) is 33.3 Å². The minimum absolute atomic E-state index is 0.0109. The van der Waals surface area contributed by atoms with Crippen LogP contribution in [0, 0.1) is 5.92 Å². The Morgan fingerprint density at radius 3 is 2.67 bits per heavy atom. The lowest BCUT2D eigenvalue weighted by Crippen LogP contribution is -2.27. The Kier molecular flexibility index (Phi) is 4.99. The van der Waals surface area contributed by atoms with Gasteiger partial charge >= 0.3 is 6.36 Å². The van der Waals surface area contributed by atoms with Crippen molar-refractivity contribution in [3.8, 4) is 5.75 Å². The predicted molar refractivity (Wildman–Crippen MR) is 80.1 cm³/mol. The second kappa shape index (κ2) is 6.26. The first kappa shape index (κ1) is 16.8. The second-order valence-corrected chi connectivity index (χ2v) is 6.23. The number of benzene rings is 1. The summed E-state index contributed by atoms with van der Waals surface area (Å²) in [6.07, 6.45) is -4.65. The van der Waals surface area contributed by atoms with Crippen molar-refractivity contribution in [3.63, 3.8) is 0 Å². The Morgan fingerprint density at radius 1 is 1.48 bits per heavy atom. The molecule has 1 aromatic rings. The van der Waals surface area contributed by atoms with Gasteiger partial charge in [0.2, 0.25) is 5.91 Å². The number of hydrogen-bond acceptors (Lipinski definition) is 3. The van der Waals surface area contributed by atoms with Gasteiger partial charge in [-0.05, 0) is 23.8 Å². The zero-order chi connectivity index (χ0) is 15.8. The minimum atomic E-state index is -4.87. The van der Waals surface area contributed by atoms with E-state index in [0.717, 1.165) is 6.07 Å². The second-order valence-electron chi connectivity index (χ2n) is 4.54. The highest BCUT2D eigenvalue weighted by molar-refractivity contribution is 9.10. The van der Waals surface area contributed by atoms with Crippen molar-refractivity contribution in [2.24, 2.45) is 5.92 Å². The zero-order valence-electron chi connectivity index (χ0n) is 10.5. The molecule has 9 heteroatoms. The predicted octanol–water partition coefficient (Wildman–Crippen LogP) is 4.28. The molecule has 0 aromatic heterocycles. The number of thiol groups is 1. The Hall–Kier alpha value is -0.600. The lowest BCUT2D eigenvalue weighted by atomic mass is 10.1. The van der Waals surface area contributed by atoms with Gasteiger partial charge in [0.15, 0.2) is 5.75 Å². The fraction of sp³-hybridized carbons (Fsp3) is 0.417. The maximum absolute atomic E-state index is 12.5. The van der Waals surface area contributed by atoms with Crippen molar-refractivity contribution in [1.29, 1.82) is 0 Å². The van der Waals surface area contributed by atoms with E-state index in [1.807, 2.05) is 0 Å². The molecule has 0 bridgehead atoms. The van der Waals surface area contributed by atoms with Gasteiger partial charge in [0.25, 0.3) is 0 Å². The third-order valence-electron chi connectivity index (χ3n) is 2.95. The van der Waals surface area contributed by atoms with Crippen LogP contribution in [0.5, 0.6) is 5.75 Å². The summed E-state index contributed by atoms with van der Waals surface area (Å²) in [6, 6.07) is 2.55. The van der Waals surface area contributed by atoms with Crippen LogP contribution in [0.3, 0.4) is 0 Å². The molecule has 0 spiro atoms. The summed E-state index contributed by atoms with van der Waals surface area (Å²) in [4.78, 5) is 13.2. The van der Waals surface area contributed by atoms with Crippen LogP contribution in [0.25, 0.3) is 0 Å². The van der Waals surface area contributed by atoms with Gasteiger partial charge in [-0.3, -0.25) is 4.79 Å². The number of halogens is 5. The van der Waals surface area contributed by atoms with Crippen molar-refractivity contribution >= 4 is 51.8 Å². The molecular formula is C12H10BrClF3NO2S. The molecule has 1 atom stereocenters. The number of hydrogen-bond donors (Lipinski definition) is 1. The summed E-state index contributed by atoms with van der Waals surface area (Å²) in [7, 11) is 0. The number of ether oxygens (including phenoxy) is 1. The highest BCUT2D eigenvalue weighted by Gasteiger charge is 2.37. The van der Waals surface area contributed by atoms with Gasteiger partial charge in [-0.1, -0.05) is 27.5 Å². The summed E-state index contributed by atoms with van der Waals surface area (Å²) in [5.41, 5.74) is -0.0634. The Morgan fingerprint density at radius 2 is 2.14 bits per heavy atom. The van der Waals surface area contributed by atoms with E-state index in [9.17, 15) is 18.0 Å². The fourth-order valence-electron chi connectivity index (χ4n) is 2.13. The van der Waals surface area contributed by atoms with E-state index < -0.39 is 12.1 Å². The topological polar surface area (TPSA) is 29.5 Å². The minimum Gasteiger partial charge on any atom is -0.403 e. The Bertz CT molecular complexity index is 570. The molecule has 2 rings (SSSR count). The van der Waals surface area contributed by atoms with E-state index in [1.165, 1.54) is 11.0 Å². The first-order chi connectivity index (χ1) is 9.71. The van der Waals surface area contributed by atoms with Gasteiger partial charge in [0, 0.05) is 17.4 Å².